The number of alkyl halides is 3. The third-order valence-electron chi connectivity index (χ3n) is 3.82. The molecule has 3 nitrogen and oxygen atoms in total. The van der Waals surface area contributed by atoms with E-state index in [0.717, 1.165) is 43.9 Å². The summed E-state index contributed by atoms with van der Waals surface area (Å²) in [4.78, 5) is 11.8. The maximum atomic E-state index is 12.7. The second kappa shape index (κ2) is 7.22. The quantitative estimate of drug-likeness (QED) is 0.797. The Balaban J connectivity index is 1.93. The zero-order chi connectivity index (χ0) is 16.2. The zero-order valence-corrected chi connectivity index (χ0v) is 12.7. The summed E-state index contributed by atoms with van der Waals surface area (Å²) in [7, 11) is 0. The van der Waals surface area contributed by atoms with E-state index in [4.69, 9.17) is 11.6 Å². The van der Waals surface area contributed by atoms with Crippen LogP contribution in [0.2, 0.25) is 5.02 Å². The molecule has 0 spiro atoms. The van der Waals surface area contributed by atoms with E-state index in [1.54, 1.807) is 0 Å². The molecule has 22 heavy (non-hydrogen) atoms. The highest BCUT2D eigenvalue weighted by molar-refractivity contribution is 6.33. The van der Waals surface area contributed by atoms with Gasteiger partial charge in [-0.05, 0) is 37.0 Å². The van der Waals surface area contributed by atoms with Gasteiger partial charge in [-0.15, -0.1) is 0 Å². The van der Waals surface area contributed by atoms with Crippen molar-refractivity contribution in [3.63, 3.8) is 0 Å². The lowest BCUT2D eigenvalue weighted by Crippen LogP contribution is -2.33. The van der Waals surface area contributed by atoms with Crippen LogP contribution < -0.4 is 10.6 Å². The third-order valence-corrected chi connectivity index (χ3v) is 4.15. The molecule has 7 heteroatoms. The van der Waals surface area contributed by atoms with E-state index in [0.29, 0.717) is 12.5 Å². The Kier molecular flexibility index (Phi) is 5.56. The molecular formula is C15H18ClF3N2O. The van der Waals surface area contributed by atoms with Crippen LogP contribution in [-0.2, 0) is 6.18 Å². The van der Waals surface area contributed by atoms with Crippen molar-refractivity contribution in [2.24, 2.45) is 5.92 Å². The van der Waals surface area contributed by atoms with Crippen molar-refractivity contribution in [1.82, 2.24) is 5.32 Å². The molecule has 1 aromatic carbocycles. The Hall–Kier alpha value is -1.43. The van der Waals surface area contributed by atoms with Gasteiger partial charge in [0.25, 0.3) is 0 Å². The van der Waals surface area contributed by atoms with Crippen molar-refractivity contribution in [3.8, 4) is 0 Å². The van der Waals surface area contributed by atoms with E-state index < -0.39 is 17.8 Å². The molecule has 1 aliphatic rings. The van der Waals surface area contributed by atoms with Gasteiger partial charge in [-0.25, -0.2) is 4.79 Å². The molecule has 1 fully saturated rings. The molecule has 0 atom stereocenters. The highest BCUT2D eigenvalue weighted by Gasteiger charge is 2.31. The van der Waals surface area contributed by atoms with Crippen LogP contribution in [0.4, 0.5) is 23.7 Å². The lowest BCUT2D eigenvalue weighted by atomic mass is 9.89. The van der Waals surface area contributed by atoms with E-state index in [-0.39, 0.29) is 10.7 Å². The van der Waals surface area contributed by atoms with Gasteiger partial charge in [-0.3, -0.25) is 0 Å². The Morgan fingerprint density at radius 2 is 1.91 bits per heavy atom. The summed E-state index contributed by atoms with van der Waals surface area (Å²) in [6.07, 6.45) is 1.22. The number of benzene rings is 1. The van der Waals surface area contributed by atoms with Gasteiger partial charge < -0.3 is 10.6 Å². The van der Waals surface area contributed by atoms with Gasteiger partial charge in [0.15, 0.2) is 0 Å². The molecule has 1 aromatic rings. The molecule has 0 saturated heterocycles. The first-order chi connectivity index (χ1) is 10.4. The maximum Gasteiger partial charge on any atom is 0.416 e. The minimum atomic E-state index is -4.47. The topological polar surface area (TPSA) is 41.1 Å². The number of carbonyl (C=O) groups is 1. The maximum absolute atomic E-state index is 12.7. The molecule has 2 rings (SSSR count). The summed E-state index contributed by atoms with van der Waals surface area (Å²) in [5, 5.41) is 5.15. The van der Waals surface area contributed by atoms with Gasteiger partial charge in [0.1, 0.15) is 0 Å². The Labute approximate surface area is 132 Å². The predicted molar refractivity (Wildman–Crippen MR) is 80.1 cm³/mol. The van der Waals surface area contributed by atoms with Gasteiger partial charge >= 0.3 is 12.2 Å². The second-order valence-corrected chi connectivity index (χ2v) is 5.94. The number of carbonyl (C=O) groups excluding carboxylic acids is 1. The number of nitrogens with one attached hydrogen (secondary N) is 2. The van der Waals surface area contributed by atoms with Crippen LogP contribution in [0, 0.1) is 5.92 Å². The molecule has 2 amide bonds. The zero-order valence-electron chi connectivity index (χ0n) is 12.0. The van der Waals surface area contributed by atoms with Gasteiger partial charge in [0, 0.05) is 6.54 Å². The predicted octanol–water partition coefficient (Wildman–Crippen LogP) is 5.06. The third kappa shape index (κ3) is 4.80. The number of anilines is 1. The number of halogens is 4. The van der Waals surface area contributed by atoms with E-state index in [9.17, 15) is 18.0 Å². The van der Waals surface area contributed by atoms with Gasteiger partial charge in [0.05, 0.1) is 16.3 Å². The molecule has 122 valence electrons. The van der Waals surface area contributed by atoms with E-state index in [1.807, 2.05) is 0 Å². The van der Waals surface area contributed by atoms with Crippen molar-refractivity contribution >= 4 is 23.3 Å². The van der Waals surface area contributed by atoms with Crippen LogP contribution >= 0.6 is 11.6 Å². The smallest absolute Gasteiger partial charge is 0.338 e. The van der Waals surface area contributed by atoms with Crippen LogP contribution in [-0.4, -0.2) is 12.6 Å². The summed E-state index contributed by atoms with van der Waals surface area (Å²) in [6.45, 7) is 0.530. The van der Waals surface area contributed by atoms with Crippen molar-refractivity contribution in [2.75, 3.05) is 11.9 Å². The highest BCUT2D eigenvalue weighted by atomic mass is 35.5. The van der Waals surface area contributed by atoms with Crippen LogP contribution in [0.25, 0.3) is 0 Å². The SMILES string of the molecule is O=C(NCC1CCCCC1)Nc1cc(C(F)(F)F)ccc1Cl. The summed E-state index contributed by atoms with van der Waals surface area (Å²) >= 11 is 5.83. The van der Waals surface area contributed by atoms with Crippen LogP contribution in [0.5, 0.6) is 0 Å². The number of hydrogen-bond donors (Lipinski definition) is 2. The summed E-state index contributed by atoms with van der Waals surface area (Å²) in [5.74, 6) is 0.441. The van der Waals surface area contributed by atoms with Gasteiger partial charge in [-0.1, -0.05) is 30.9 Å². The van der Waals surface area contributed by atoms with E-state index in [2.05, 4.69) is 10.6 Å². The average Bonchev–Trinajstić information content (AvgIpc) is 2.47. The second-order valence-electron chi connectivity index (χ2n) is 5.53. The normalized spacial score (nSPS) is 16.4. The van der Waals surface area contributed by atoms with Crippen LogP contribution in [0.15, 0.2) is 18.2 Å². The highest BCUT2D eigenvalue weighted by Crippen LogP contribution is 2.33. The molecular weight excluding hydrogens is 317 g/mol. The van der Waals surface area contributed by atoms with Crippen LogP contribution in [0.1, 0.15) is 37.7 Å². The first kappa shape index (κ1) is 16.9. The molecule has 0 aromatic heterocycles. The van der Waals surface area contributed by atoms with Crippen LogP contribution in [0.3, 0.4) is 0 Å². The number of amides is 2. The largest absolute Gasteiger partial charge is 0.416 e. The number of hydrogen-bond acceptors (Lipinski definition) is 1. The molecule has 0 aliphatic heterocycles. The summed E-state index contributed by atoms with van der Waals surface area (Å²) in [5.41, 5.74) is -0.892. The van der Waals surface area contributed by atoms with Crippen molar-refractivity contribution < 1.29 is 18.0 Å². The van der Waals surface area contributed by atoms with E-state index >= 15 is 0 Å². The molecule has 2 N–H and O–H groups in total. The fourth-order valence-electron chi connectivity index (χ4n) is 2.59. The Morgan fingerprint density at radius 1 is 1.23 bits per heavy atom. The lowest BCUT2D eigenvalue weighted by molar-refractivity contribution is -0.137. The number of rotatable bonds is 3. The monoisotopic (exact) mass is 334 g/mol. The fraction of sp³-hybridized carbons (Fsp3) is 0.533. The molecule has 0 heterocycles. The van der Waals surface area contributed by atoms with Crippen molar-refractivity contribution in [3.05, 3.63) is 28.8 Å². The minimum absolute atomic E-state index is 0.0439. The standard InChI is InChI=1S/C15H18ClF3N2O/c16-12-7-6-11(15(17,18)19)8-13(12)21-14(22)20-9-10-4-2-1-3-5-10/h6-8,10H,1-5,9H2,(H2,20,21,22). The van der Waals surface area contributed by atoms with Gasteiger partial charge in [-0.2, -0.15) is 13.2 Å². The molecule has 1 aliphatic carbocycles. The summed E-state index contributed by atoms with van der Waals surface area (Å²) < 4.78 is 38.0. The average molecular weight is 335 g/mol. The molecule has 0 radical (unpaired) electrons. The summed E-state index contributed by atoms with van der Waals surface area (Å²) in [6, 6.07) is 2.31. The molecule has 0 bridgehead atoms. The molecule has 1 saturated carbocycles. The Morgan fingerprint density at radius 3 is 2.55 bits per heavy atom. The first-order valence-electron chi connectivity index (χ1n) is 7.28. The fourth-order valence-corrected chi connectivity index (χ4v) is 2.76. The molecule has 0 unspecified atom stereocenters. The van der Waals surface area contributed by atoms with E-state index in [1.165, 1.54) is 6.42 Å². The van der Waals surface area contributed by atoms with Crippen molar-refractivity contribution in [2.45, 2.75) is 38.3 Å². The van der Waals surface area contributed by atoms with Crippen molar-refractivity contribution in [1.29, 1.82) is 0 Å². The van der Waals surface area contributed by atoms with Gasteiger partial charge in [0.2, 0.25) is 0 Å². The Bertz CT molecular complexity index is 528. The lowest BCUT2D eigenvalue weighted by Gasteiger charge is -2.22. The minimum Gasteiger partial charge on any atom is -0.338 e. The first-order valence-corrected chi connectivity index (χ1v) is 7.65. The number of urea groups is 1.